The highest BCUT2D eigenvalue weighted by molar-refractivity contribution is 7.88. The molecular weight excluding hydrogens is 328 g/mol. The lowest BCUT2D eigenvalue weighted by atomic mass is 9.95. The first-order valence-corrected chi connectivity index (χ1v) is 10.0. The van der Waals surface area contributed by atoms with Crippen molar-refractivity contribution < 1.29 is 13.2 Å². The maximum atomic E-state index is 12.8. The van der Waals surface area contributed by atoms with Crippen molar-refractivity contribution in [1.29, 1.82) is 0 Å². The Morgan fingerprint density at radius 3 is 2.62 bits per heavy atom. The largest absolute Gasteiger partial charge is 0.331 e. The fraction of sp³-hybridized carbons (Fsp3) is 0.688. The third-order valence-corrected chi connectivity index (χ3v) is 5.84. The Kier molecular flexibility index (Phi) is 4.16. The highest BCUT2D eigenvalue weighted by Crippen LogP contribution is 2.28. The van der Waals surface area contributed by atoms with Crippen LogP contribution in [0.4, 0.5) is 0 Å². The smallest absolute Gasteiger partial charge is 0.241 e. The molecule has 8 heteroatoms. The molecule has 1 fully saturated rings. The molecule has 0 saturated carbocycles. The predicted octanol–water partition coefficient (Wildman–Crippen LogP) is 1.04. The summed E-state index contributed by atoms with van der Waals surface area (Å²) in [6.07, 6.45) is 4.26. The standard InChI is InChI=1S/C16H24N4O3S/c1-16(2,3)15-17-8-11-9-19(10-12(11)18-15)14(21)13-6-5-7-20(13)24(4,22)23/h8,13H,5-7,9-10H2,1-4H3. The topological polar surface area (TPSA) is 83.5 Å². The number of fused-ring (bicyclic) bond motifs is 1. The highest BCUT2D eigenvalue weighted by Gasteiger charge is 2.40. The monoisotopic (exact) mass is 352 g/mol. The second kappa shape index (κ2) is 5.77. The van der Waals surface area contributed by atoms with Gasteiger partial charge in [0, 0.05) is 30.3 Å². The molecule has 0 N–H and O–H groups in total. The van der Waals surface area contributed by atoms with Gasteiger partial charge in [0.1, 0.15) is 11.9 Å². The number of carbonyl (C=O) groups is 1. The van der Waals surface area contributed by atoms with Crippen molar-refractivity contribution in [2.45, 2.75) is 58.2 Å². The second-order valence-corrected chi connectivity index (χ2v) is 9.58. The van der Waals surface area contributed by atoms with Crippen molar-refractivity contribution in [2.24, 2.45) is 0 Å². The molecule has 0 spiro atoms. The average molecular weight is 352 g/mol. The zero-order valence-electron chi connectivity index (χ0n) is 14.6. The quantitative estimate of drug-likeness (QED) is 0.794. The number of carbonyl (C=O) groups excluding carboxylic acids is 1. The minimum Gasteiger partial charge on any atom is -0.331 e. The molecule has 2 aliphatic heterocycles. The molecule has 3 rings (SSSR count). The Morgan fingerprint density at radius 2 is 2.00 bits per heavy atom. The molecule has 0 bridgehead atoms. The summed E-state index contributed by atoms with van der Waals surface area (Å²) in [5, 5.41) is 0. The van der Waals surface area contributed by atoms with Gasteiger partial charge in [0.15, 0.2) is 0 Å². The van der Waals surface area contributed by atoms with Crippen molar-refractivity contribution in [3.8, 4) is 0 Å². The molecule has 0 aliphatic carbocycles. The van der Waals surface area contributed by atoms with E-state index in [1.807, 2.05) is 0 Å². The normalized spacial score (nSPS) is 22.0. The summed E-state index contributed by atoms with van der Waals surface area (Å²) in [5.41, 5.74) is 1.66. The summed E-state index contributed by atoms with van der Waals surface area (Å²) >= 11 is 0. The third kappa shape index (κ3) is 3.17. The van der Waals surface area contributed by atoms with E-state index in [0.29, 0.717) is 26.1 Å². The molecule has 1 aromatic heterocycles. The Balaban J connectivity index is 1.79. The van der Waals surface area contributed by atoms with Gasteiger partial charge in [0.25, 0.3) is 0 Å². The Morgan fingerprint density at radius 1 is 1.29 bits per heavy atom. The fourth-order valence-electron chi connectivity index (χ4n) is 3.27. The van der Waals surface area contributed by atoms with E-state index in [2.05, 4.69) is 30.7 Å². The van der Waals surface area contributed by atoms with Gasteiger partial charge in [-0.25, -0.2) is 18.4 Å². The van der Waals surface area contributed by atoms with Crippen LogP contribution in [0.1, 0.15) is 50.7 Å². The SMILES string of the molecule is CC(C)(C)c1ncc2c(n1)CN(C(=O)C1CCCN1S(C)(=O)=O)C2. The Hall–Kier alpha value is -1.54. The average Bonchev–Trinajstić information content (AvgIpc) is 3.10. The molecule has 0 radical (unpaired) electrons. The fourth-order valence-corrected chi connectivity index (χ4v) is 4.38. The van der Waals surface area contributed by atoms with Gasteiger partial charge >= 0.3 is 0 Å². The van der Waals surface area contributed by atoms with Gasteiger partial charge in [-0.3, -0.25) is 4.79 Å². The summed E-state index contributed by atoms with van der Waals surface area (Å²) in [5.74, 6) is 0.627. The van der Waals surface area contributed by atoms with E-state index in [1.165, 1.54) is 10.6 Å². The van der Waals surface area contributed by atoms with E-state index in [1.54, 1.807) is 11.1 Å². The van der Waals surface area contributed by atoms with E-state index in [9.17, 15) is 13.2 Å². The first kappa shape index (κ1) is 17.3. The van der Waals surface area contributed by atoms with Crippen molar-refractivity contribution in [3.05, 3.63) is 23.3 Å². The molecule has 24 heavy (non-hydrogen) atoms. The Labute approximate surface area is 143 Å². The van der Waals surface area contributed by atoms with Crippen LogP contribution < -0.4 is 0 Å². The van der Waals surface area contributed by atoms with Gasteiger partial charge in [-0.15, -0.1) is 0 Å². The van der Waals surface area contributed by atoms with Crippen molar-refractivity contribution in [2.75, 3.05) is 12.8 Å². The number of sulfonamides is 1. The van der Waals surface area contributed by atoms with Crippen LogP contribution >= 0.6 is 0 Å². The lowest BCUT2D eigenvalue weighted by Crippen LogP contribution is -2.45. The molecule has 3 heterocycles. The van der Waals surface area contributed by atoms with Gasteiger partial charge in [0.2, 0.25) is 15.9 Å². The maximum absolute atomic E-state index is 12.8. The van der Waals surface area contributed by atoms with E-state index in [4.69, 9.17) is 0 Å². The summed E-state index contributed by atoms with van der Waals surface area (Å²) < 4.78 is 25.1. The zero-order valence-corrected chi connectivity index (χ0v) is 15.4. The van der Waals surface area contributed by atoms with Gasteiger partial charge in [0.05, 0.1) is 18.5 Å². The number of hydrogen-bond acceptors (Lipinski definition) is 5. The number of hydrogen-bond donors (Lipinski definition) is 0. The van der Waals surface area contributed by atoms with Crippen LogP contribution in [0, 0.1) is 0 Å². The highest BCUT2D eigenvalue weighted by atomic mass is 32.2. The summed E-state index contributed by atoms with van der Waals surface area (Å²) in [6.45, 7) is 7.45. The molecule has 1 saturated heterocycles. The first-order valence-electron chi connectivity index (χ1n) is 8.18. The molecule has 132 valence electrons. The van der Waals surface area contributed by atoms with Crippen LogP contribution in [0.5, 0.6) is 0 Å². The molecule has 1 atom stereocenters. The van der Waals surface area contributed by atoms with Crippen LogP contribution in [0.2, 0.25) is 0 Å². The van der Waals surface area contributed by atoms with Crippen LogP contribution in [-0.2, 0) is 33.3 Å². The predicted molar refractivity (Wildman–Crippen MR) is 89.6 cm³/mol. The van der Waals surface area contributed by atoms with Crippen LogP contribution in [0.25, 0.3) is 0 Å². The van der Waals surface area contributed by atoms with Crippen molar-refractivity contribution in [3.63, 3.8) is 0 Å². The lowest BCUT2D eigenvalue weighted by Gasteiger charge is -2.25. The van der Waals surface area contributed by atoms with Gasteiger partial charge in [-0.1, -0.05) is 20.8 Å². The van der Waals surface area contributed by atoms with Crippen LogP contribution in [-0.4, -0.2) is 52.3 Å². The van der Waals surface area contributed by atoms with Gasteiger partial charge < -0.3 is 4.90 Å². The number of nitrogens with zero attached hydrogens (tertiary/aromatic N) is 4. The lowest BCUT2D eigenvalue weighted by molar-refractivity contribution is -0.135. The van der Waals surface area contributed by atoms with E-state index in [-0.39, 0.29) is 11.3 Å². The van der Waals surface area contributed by atoms with Crippen molar-refractivity contribution in [1.82, 2.24) is 19.2 Å². The van der Waals surface area contributed by atoms with E-state index < -0.39 is 16.1 Å². The summed E-state index contributed by atoms with van der Waals surface area (Å²) in [4.78, 5) is 23.5. The molecule has 2 aliphatic rings. The molecule has 1 amide bonds. The first-order chi connectivity index (χ1) is 11.1. The summed E-state index contributed by atoms with van der Waals surface area (Å²) in [6, 6.07) is -0.579. The van der Waals surface area contributed by atoms with Crippen LogP contribution in [0.3, 0.4) is 0 Å². The van der Waals surface area contributed by atoms with Crippen LogP contribution in [0.15, 0.2) is 6.20 Å². The minimum absolute atomic E-state index is 0.131. The number of rotatable bonds is 2. The maximum Gasteiger partial charge on any atom is 0.241 e. The van der Waals surface area contributed by atoms with Gasteiger partial charge in [-0.2, -0.15) is 4.31 Å². The van der Waals surface area contributed by atoms with Crippen molar-refractivity contribution >= 4 is 15.9 Å². The molecular formula is C16H24N4O3S. The molecule has 7 nitrogen and oxygen atoms in total. The molecule has 1 aromatic rings. The molecule has 1 unspecified atom stereocenters. The summed E-state index contributed by atoms with van der Waals surface area (Å²) in [7, 11) is -3.36. The van der Waals surface area contributed by atoms with E-state index >= 15 is 0 Å². The minimum atomic E-state index is -3.36. The number of amides is 1. The number of aromatic nitrogens is 2. The molecule has 0 aromatic carbocycles. The Bertz CT molecular complexity index is 770. The third-order valence-electron chi connectivity index (χ3n) is 4.55. The second-order valence-electron chi connectivity index (χ2n) is 7.64. The zero-order chi connectivity index (χ0) is 17.7. The van der Waals surface area contributed by atoms with Gasteiger partial charge in [-0.05, 0) is 12.8 Å². The van der Waals surface area contributed by atoms with E-state index in [0.717, 1.165) is 23.5 Å².